The Kier molecular flexibility index (Phi) is 6.20. The van der Waals surface area contributed by atoms with E-state index in [2.05, 4.69) is 26.9 Å². The zero-order valence-corrected chi connectivity index (χ0v) is 17.7. The number of piperazine rings is 1. The summed E-state index contributed by atoms with van der Waals surface area (Å²) in [7, 11) is 2.12. The van der Waals surface area contributed by atoms with E-state index in [0.29, 0.717) is 23.4 Å². The minimum Gasteiger partial charge on any atom is -0.361 e. The predicted octanol–water partition coefficient (Wildman–Crippen LogP) is 1.07. The Morgan fingerprint density at radius 1 is 1.00 bits per heavy atom. The van der Waals surface area contributed by atoms with Crippen LogP contribution in [0.5, 0.6) is 0 Å². The van der Waals surface area contributed by atoms with Crippen molar-refractivity contribution in [2.75, 3.05) is 59.4 Å². The first-order valence-corrected chi connectivity index (χ1v) is 11.0. The predicted molar refractivity (Wildman–Crippen MR) is 109 cm³/mol. The Labute approximate surface area is 172 Å². The Hall–Kier alpha value is -1.93. The van der Waals surface area contributed by atoms with Gasteiger partial charge in [0, 0.05) is 57.9 Å². The molecule has 3 fully saturated rings. The summed E-state index contributed by atoms with van der Waals surface area (Å²) in [6.45, 7) is 8.86. The molecule has 3 aliphatic heterocycles. The second-order valence-corrected chi connectivity index (χ2v) is 8.81. The van der Waals surface area contributed by atoms with Crippen molar-refractivity contribution < 1.29 is 14.1 Å². The number of piperidine rings is 2. The van der Waals surface area contributed by atoms with Crippen molar-refractivity contribution in [3.8, 4) is 0 Å². The van der Waals surface area contributed by atoms with Crippen LogP contribution in [0.3, 0.4) is 0 Å². The van der Waals surface area contributed by atoms with Gasteiger partial charge in [-0.25, -0.2) is 0 Å². The lowest BCUT2D eigenvalue weighted by molar-refractivity contribution is -0.139. The van der Waals surface area contributed by atoms with E-state index in [1.54, 1.807) is 13.0 Å². The molecule has 0 saturated carbocycles. The van der Waals surface area contributed by atoms with Crippen LogP contribution in [-0.4, -0.2) is 102 Å². The second-order valence-electron chi connectivity index (χ2n) is 8.81. The van der Waals surface area contributed by atoms with E-state index in [0.717, 1.165) is 78.0 Å². The molecule has 0 spiro atoms. The molecular weight excluding hydrogens is 370 g/mol. The summed E-state index contributed by atoms with van der Waals surface area (Å²) >= 11 is 0. The van der Waals surface area contributed by atoms with Gasteiger partial charge in [-0.2, -0.15) is 0 Å². The largest absolute Gasteiger partial charge is 0.361 e. The molecule has 8 heteroatoms. The maximum atomic E-state index is 13.0. The molecule has 160 valence electrons. The van der Waals surface area contributed by atoms with Crippen LogP contribution in [0.2, 0.25) is 0 Å². The van der Waals surface area contributed by atoms with Gasteiger partial charge in [0.15, 0.2) is 5.69 Å². The first-order valence-electron chi connectivity index (χ1n) is 11.0. The maximum Gasteiger partial charge on any atom is 0.276 e. The molecule has 0 radical (unpaired) electrons. The number of hydrogen-bond acceptors (Lipinski definition) is 6. The van der Waals surface area contributed by atoms with Crippen LogP contribution in [0.15, 0.2) is 10.6 Å². The number of amides is 2. The highest BCUT2D eigenvalue weighted by atomic mass is 16.5. The van der Waals surface area contributed by atoms with Gasteiger partial charge >= 0.3 is 0 Å². The van der Waals surface area contributed by atoms with E-state index in [4.69, 9.17) is 4.52 Å². The molecule has 0 N–H and O–H groups in total. The molecule has 2 amide bonds. The molecular formula is C21H33N5O3. The monoisotopic (exact) mass is 403 g/mol. The van der Waals surface area contributed by atoms with Gasteiger partial charge in [0.2, 0.25) is 5.91 Å². The SMILES string of the molecule is Cc1cc(C(=O)N2CCC(N3CCCC(C(=O)N4CCN(C)CC4)C3)CC2)no1. The molecule has 0 aromatic carbocycles. The topological polar surface area (TPSA) is 73.1 Å². The van der Waals surface area contributed by atoms with Crippen LogP contribution in [-0.2, 0) is 4.79 Å². The summed E-state index contributed by atoms with van der Waals surface area (Å²) in [4.78, 5) is 34.3. The van der Waals surface area contributed by atoms with Crippen molar-refractivity contribution in [2.24, 2.45) is 5.92 Å². The molecule has 0 aliphatic carbocycles. The number of carbonyl (C=O) groups excluding carboxylic acids is 2. The fourth-order valence-electron chi connectivity index (χ4n) is 4.89. The van der Waals surface area contributed by atoms with E-state index in [-0.39, 0.29) is 11.8 Å². The molecule has 1 atom stereocenters. The number of nitrogens with zero attached hydrogens (tertiary/aromatic N) is 5. The van der Waals surface area contributed by atoms with Gasteiger partial charge in [0.25, 0.3) is 5.91 Å². The molecule has 29 heavy (non-hydrogen) atoms. The summed E-state index contributed by atoms with van der Waals surface area (Å²) in [5.74, 6) is 1.09. The first kappa shape index (κ1) is 20.3. The van der Waals surface area contributed by atoms with Crippen LogP contribution in [0.4, 0.5) is 0 Å². The summed E-state index contributed by atoms with van der Waals surface area (Å²) < 4.78 is 5.04. The standard InChI is InChI=1S/C21H33N5O3/c1-16-14-19(22-29-16)21(28)24-8-5-18(6-9-24)26-7-3-4-17(15-26)20(27)25-12-10-23(2)11-13-25/h14,17-18H,3-13,15H2,1-2H3. The van der Waals surface area contributed by atoms with Gasteiger partial charge in [0.1, 0.15) is 5.76 Å². The number of carbonyl (C=O) groups is 2. The minimum atomic E-state index is -0.0398. The highest BCUT2D eigenvalue weighted by molar-refractivity contribution is 5.92. The number of likely N-dealkylation sites (tertiary alicyclic amines) is 2. The van der Waals surface area contributed by atoms with Gasteiger partial charge in [-0.3, -0.25) is 14.5 Å². The Bertz CT molecular complexity index is 720. The van der Waals surface area contributed by atoms with Crippen molar-refractivity contribution in [3.63, 3.8) is 0 Å². The Balaban J connectivity index is 1.28. The summed E-state index contributed by atoms with van der Waals surface area (Å²) in [5, 5.41) is 3.86. The Morgan fingerprint density at radius 3 is 2.38 bits per heavy atom. The molecule has 4 heterocycles. The fraction of sp³-hybridized carbons (Fsp3) is 0.762. The van der Waals surface area contributed by atoms with Gasteiger partial charge in [-0.1, -0.05) is 5.16 Å². The third-order valence-corrected chi connectivity index (χ3v) is 6.73. The van der Waals surface area contributed by atoms with Crippen molar-refractivity contribution in [1.82, 2.24) is 24.8 Å². The van der Waals surface area contributed by atoms with Crippen LogP contribution in [0.1, 0.15) is 41.9 Å². The normalized spacial score (nSPS) is 25.4. The van der Waals surface area contributed by atoms with Crippen molar-refractivity contribution >= 4 is 11.8 Å². The number of aryl methyl sites for hydroxylation is 1. The minimum absolute atomic E-state index is 0.0398. The molecule has 3 aliphatic rings. The zero-order valence-electron chi connectivity index (χ0n) is 17.7. The molecule has 1 aromatic heterocycles. The maximum absolute atomic E-state index is 13.0. The lowest BCUT2D eigenvalue weighted by Crippen LogP contribution is -2.54. The zero-order chi connectivity index (χ0) is 20.4. The molecule has 3 saturated heterocycles. The molecule has 0 bridgehead atoms. The fourth-order valence-corrected chi connectivity index (χ4v) is 4.89. The number of hydrogen-bond donors (Lipinski definition) is 0. The second kappa shape index (κ2) is 8.83. The molecule has 4 rings (SSSR count). The number of aromatic nitrogens is 1. The van der Waals surface area contributed by atoms with Crippen LogP contribution >= 0.6 is 0 Å². The average molecular weight is 404 g/mol. The van der Waals surface area contributed by atoms with E-state index >= 15 is 0 Å². The summed E-state index contributed by atoms with van der Waals surface area (Å²) in [6, 6.07) is 2.16. The van der Waals surface area contributed by atoms with Gasteiger partial charge in [-0.05, 0) is 46.2 Å². The number of rotatable bonds is 3. The van der Waals surface area contributed by atoms with Crippen molar-refractivity contribution in [3.05, 3.63) is 17.5 Å². The highest BCUT2D eigenvalue weighted by Crippen LogP contribution is 2.26. The third kappa shape index (κ3) is 4.64. The highest BCUT2D eigenvalue weighted by Gasteiger charge is 2.35. The van der Waals surface area contributed by atoms with E-state index in [9.17, 15) is 9.59 Å². The molecule has 8 nitrogen and oxygen atoms in total. The van der Waals surface area contributed by atoms with Crippen LogP contribution in [0, 0.1) is 12.8 Å². The smallest absolute Gasteiger partial charge is 0.276 e. The first-order chi connectivity index (χ1) is 14.0. The van der Waals surface area contributed by atoms with Gasteiger partial charge < -0.3 is 19.2 Å². The lowest BCUT2D eigenvalue weighted by Gasteiger charge is -2.43. The van der Waals surface area contributed by atoms with Gasteiger partial charge in [-0.15, -0.1) is 0 Å². The van der Waals surface area contributed by atoms with Crippen LogP contribution < -0.4 is 0 Å². The number of likely N-dealkylation sites (N-methyl/N-ethyl adjacent to an activating group) is 1. The van der Waals surface area contributed by atoms with E-state index in [1.165, 1.54) is 0 Å². The molecule has 1 unspecified atom stereocenters. The van der Waals surface area contributed by atoms with E-state index in [1.807, 2.05) is 4.90 Å². The van der Waals surface area contributed by atoms with E-state index < -0.39 is 0 Å². The lowest BCUT2D eigenvalue weighted by atomic mass is 9.92. The third-order valence-electron chi connectivity index (χ3n) is 6.73. The van der Waals surface area contributed by atoms with Crippen molar-refractivity contribution in [2.45, 2.75) is 38.6 Å². The quantitative estimate of drug-likeness (QED) is 0.752. The summed E-state index contributed by atoms with van der Waals surface area (Å²) in [6.07, 6.45) is 4.00. The van der Waals surface area contributed by atoms with Gasteiger partial charge in [0.05, 0.1) is 5.92 Å². The summed E-state index contributed by atoms with van der Waals surface area (Å²) in [5.41, 5.74) is 0.400. The van der Waals surface area contributed by atoms with Crippen LogP contribution in [0.25, 0.3) is 0 Å². The molecule has 1 aromatic rings. The average Bonchev–Trinajstić information content (AvgIpc) is 3.20. The van der Waals surface area contributed by atoms with Crippen molar-refractivity contribution in [1.29, 1.82) is 0 Å². The Morgan fingerprint density at radius 2 is 1.72 bits per heavy atom.